The molecule has 2 heterocycles. The molecular formula is C26H26ClNO5. The third-order valence-electron chi connectivity index (χ3n) is 6.89. The Morgan fingerprint density at radius 2 is 1.82 bits per heavy atom. The van der Waals surface area contributed by atoms with Gasteiger partial charge in [0.1, 0.15) is 17.6 Å². The maximum absolute atomic E-state index is 13.6. The van der Waals surface area contributed by atoms with Gasteiger partial charge in [-0.05, 0) is 61.1 Å². The number of phenolic OH excluding ortho intramolecular Hbond substituents is 1. The van der Waals surface area contributed by atoms with E-state index in [0.717, 1.165) is 23.3 Å². The number of amides is 1. The minimum atomic E-state index is -0.546. The number of aromatic hydroxyl groups is 1. The van der Waals surface area contributed by atoms with Crippen molar-refractivity contribution in [3.05, 3.63) is 71.0 Å². The predicted molar refractivity (Wildman–Crippen MR) is 123 cm³/mol. The average Bonchev–Trinajstić information content (AvgIpc) is 3.11. The molecular weight excluding hydrogens is 442 g/mol. The van der Waals surface area contributed by atoms with Crippen LogP contribution in [-0.2, 0) is 20.7 Å². The molecule has 2 aromatic carbocycles. The Kier molecular flexibility index (Phi) is 5.79. The van der Waals surface area contributed by atoms with Crippen molar-refractivity contribution in [1.29, 1.82) is 0 Å². The summed E-state index contributed by atoms with van der Waals surface area (Å²) in [6, 6.07) is 13.8. The van der Waals surface area contributed by atoms with Crippen LogP contribution in [0.15, 0.2) is 59.9 Å². The van der Waals surface area contributed by atoms with Gasteiger partial charge in [-0.15, -0.1) is 11.6 Å². The molecule has 4 unspecified atom stereocenters. The summed E-state index contributed by atoms with van der Waals surface area (Å²) in [7, 11) is 1.62. The molecule has 5 rings (SSSR count). The van der Waals surface area contributed by atoms with Gasteiger partial charge in [0.2, 0.25) is 0 Å². The number of methoxy groups -OCH3 is 1. The van der Waals surface area contributed by atoms with E-state index in [-0.39, 0.29) is 40.6 Å². The van der Waals surface area contributed by atoms with Gasteiger partial charge in [0.05, 0.1) is 24.6 Å². The quantitative estimate of drug-likeness (QED) is 0.668. The Bertz CT molecular complexity index is 1090. The number of rotatable bonds is 5. The first-order valence-electron chi connectivity index (χ1n) is 11.3. The van der Waals surface area contributed by atoms with E-state index < -0.39 is 6.04 Å². The Hall–Kier alpha value is -2.99. The summed E-state index contributed by atoms with van der Waals surface area (Å²) >= 11 is 6.37. The molecule has 2 aliphatic heterocycles. The van der Waals surface area contributed by atoms with E-state index in [0.29, 0.717) is 31.4 Å². The number of nitrogens with zero attached hydrogens (tertiary/aromatic N) is 1. The van der Waals surface area contributed by atoms with Crippen LogP contribution in [0.2, 0.25) is 0 Å². The SMILES string of the molecule is COc1ccc(CCN2C(=O)C3=C(C(=O)C4CC(Cl)CCC4O3)C2c2ccc(O)cc2)cc1. The van der Waals surface area contributed by atoms with E-state index >= 15 is 0 Å². The number of hydrogen-bond donors (Lipinski definition) is 1. The Morgan fingerprint density at radius 1 is 1.09 bits per heavy atom. The van der Waals surface area contributed by atoms with Gasteiger partial charge in [0.15, 0.2) is 11.5 Å². The molecule has 6 nitrogen and oxygen atoms in total. The third-order valence-corrected chi connectivity index (χ3v) is 7.28. The molecule has 2 aromatic rings. The Labute approximate surface area is 197 Å². The predicted octanol–water partition coefficient (Wildman–Crippen LogP) is 4.16. The fourth-order valence-electron chi connectivity index (χ4n) is 5.14. The molecule has 1 saturated carbocycles. The van der Waals surface area contributed by atoms with Gasteiger partial charge in [0.25, 0.3) is 5.91 Å². The van der Waals surface area contributed by atoms with Gasteiger partial charge >= 0.3 is 0 Å². The van der Waals surface area contributed by atoms with Crippen LogP contribution in [0.4, 0.5) is 0 Å². The van der Waals surface area contributed by atoms with Gasteiger partial charge in [-0.1, -0.05) is 24.3 Å². The molecule has 33 heavy (non-hydrogen) atoms. The minimum absolute atomic E-state index is 0.0371. The number of Topliss-reactive ketones (excluding diaryl/α,β-unsaturated/α-hetero) is 1. The molecule has 1 amide bonds. The summed E-state index contributed by atoms with van der Waals surface area (Å²) in [4.78, 5) is 28.8. The molecule has 0 saturated heterocycles. The summed E-state index contributed by atoms with van der Waals surface area (Å²) in [5.74, 6) is 0.470. The highest BCUT2D eigenvalue weighted by Gasteiger charge is 2.52. The molecule has 0 bridgehead atoms. The summed E-state index contributed by atoms with van der Waals surface area (Å²) in [6.07, 6.45) is 2.33. The van der Waals surface area contributed by atoms with Gasteiger partial charge in [-0.3, -0.25) is 9.59 Å². The Balaban J connectivity index is 1.47. The van der Waals surface area contributed by atoms with E-state index in [2.05, 4.69) is 0 Å². The summed E-state index contributed by atoms with van der Waals surface area (Å²) in [6.45, 7) is 0.424. The second kappa shape index (κ2) is 8.75. The van der Waals surface area contributed by atoms with Crippen LogP contribution < -0.4 is 4.74 Å². The van der Waals surface area contributed by atoms with Crippen molar-refractivity contribution in [2.24, 2.45) is 5.92 Å². The zero-order valence-electron chi connectivity index (χ0n) is 18.4. The normalized spacial score (nSPS) is 26.7. The molecule has 3 aliphatic rings. The average molecular weight is 468 g/mol. The van der Waals surface area contributed by atoms with E-state index in [9.17, 15) is 14.7 Å². The minimum Gasteiger partial charge on any atom is -0.508 e. The lowest BCUT2D eigenvalue weighted by atomic mass is 9.77. The number of ether oxygens (including phenoxy) is 2. The van der Waals surface area contributed by atoms with Gasteiger partial charge < -0.3 is 19.5 Å². The van der Waals surface area contributed by atoms with E-state index in [1.165, 1.54) is 0 Å². The topological polar surface area (TPSA) is 76.1 Å². The number of halogens is 1. The largest absolute Gasteiger partial charge is 0.508 e. The van der Waals surface area contributed by atoms with Crippen LogP contribution in [-0.4, -0.2) is 46.8 Å². The fourth-order valence-corrected chi connectivity index (χ4v) is 5.46. The molecule has 1 N–H and O–H groups in total. The van der Waals surface area contributed by atoms with Gasteiger partial charge in [-0.2, -0.15) is 0 Å². The van der Waals surface area contributed by atoms with Crippen LogP contribution >= 0.6 is 11.6 Å². The van der Waals surface area contributed by atoms with E-state index in [1.54, 1.807) is 36.3 Å². The Morgan fingerprint density at radius 3 is 2.52 bits per heavy atom. The molecule has 7 heteroatoms. The maximum Gasteiger partial charge on any atom is 0.290 e. The van der Waals surface area contributed by atoms with E-state index in [1.807, 2.05) is 24.3 Å². The molecule has 172 valence electrons. The zero-order chi connectivity index (χ0) is 23.1. The molecule has 0 radical (unpaired) electrons. The molecule has 4 atom stereocenters. The highest BCUT2D eigenvalue weighted by atomic mass is 35.5. The lowest BCUT2D eigenvalue weighted by Gasteiger charge is -2.37. The smallest absolute Gasteiger partial charge is 0.290 e. The monoisotopic (exact) mass is 467 g/mol. The van der Waals surface area contributed by atoms with Crippen molar-refractivity contribution in [1.82, 2.24) is 4.90 Å². The van der Waals surface area contributed by atoms with Crippen molar-refractivity contribution < 1.29 is 24.2 Å². The molecule has 1 fully saturated rings. The lowest BCUT2D eigenvalue weighted by Crippen LogP contribution is -2.41. The molecule has 1 aliphatic carbocycles. The summed E-state index contributed by atoms with van der Waals surface area (Å²) < 4.78 is 11.4. The maximum atomic E-state index is 13.6. The third kappa shape index (κ3) is 3.97. The highest BCUT2D eigenvalue weighted by molar-refractivity contribution is 6.21. The second-order valence-corrected chi connectivity index (χ2v) is 9.49. The van der Waals surface area contributed by atoms with Gasteiger partial charge in [-0.25, -0.2) is 0 Å². The van der Waals surface area contributed by atoms with Crippen LogP contribution in [0.25, 0.3) is 0 Å². The number of carbonyl (C=O) groups is 2. The standard InChI is InChI=1S/C26H26ClNO5/c1-32-19-9-2-15(3-10-19)12-13-28-23(16-4-7-18(29)8-5-16)22-24(30)20-14-17(27)6-11-21(20)33-25(22)26(28)31/h2-5,7-10,17,20-21,23,29H,6,11-14H2,1H3. The molecule has 0 aromatic heterocycles. The van der Waals surface area contributed by atoms with E-state index in [4.69, 9.17) is 21.1 Å². The number of hydrogen-bond acceptors (Lipinski definition) is 5. The fraction of sp³-hybridized carbons (Fsp3) is 0.385. The number of phenols is 1. The first-order valence-corrected chi connectivity index (χ1v) is 11.7. The number of alkyl halides is 1. The zero-order valence-corrected chi connectivity index (χ0v) is 19.1. The number of fused-ring (bicyclic) bond motifs is 1. The summed E-state index contributed by atoms with van der Waals surface area (Å²) in [5, 5.41) is 9.71. The first-order chi connectivity index (χ1) is 16.0. The lowest BCUT2D eigenvalue weighted by molar-refractivity contribution is -0.135. The van der Waals surface area contributed by atoms with Crippen LogP contribution in [0.5, 0.6) is 11.5 Å². The van der Waals surface area contributed by atoms with Crippen LogP contribution in [0.3, 0.4) is 0 Å². The van der Waals surface area contributed by atoms with Crippen molar-refractivity contribution in [3.63, 3.8) is 0 Å². The second-order valence-electron chi connectivity index (χ2n) is 8.87. The molecule has 0 spiro atoms. The number of carbonyl (C=O) groups excluding carboxylic acids is 2. The van der Waals surface area contributed by atoms with Gasteiger partial charge in [0, 0.05) is 11.9 Å². The highest BCUT2D eigenvalue weighted by Crippen LogP contribution is 2.47. The van der Waals surface area contributed by atoms with Crippen LogP contribution in [0.1, 0.15) is 36.4 Å². The van der Waals surface area contributed by atoms with Crippen molar-refractivity contribution in [2.45, 2.75) is 43.2 Å². The van der Waals surface area contributed by atoms with Crippen molar-refractivity contribution >= 4 is 23.3 Å². The summed E-state index contributed by atoms with van der Waals surface area (Å²) in [5.41, 5.74) is 2.26. The van der Waals surface area contributed by atoms with Crippen molar-refractivity contribution in [2.75, 3.05) is 13.7 Å². The van der Waals surface area contributed by atoms with Crippen LogP contribution in [0, 0.1) is 5.92 Å². The van der Waals surface area contributed by atoms with Crippen molar-refractivity contribution in [3.8, 4) is 11.5 Å². The number of ketones is 1. The number of benzene rings is 2. The first kappa shape index (κ1) is 21.8.